The zero-order valence-corrected chi connectivity index (χ0v) is 18.0. The minimum atomic E-state index is -0.473. The van der Waals surface area contributed by atoms with Gasteiger partial charge in [-0.05, 0) is 45.2 Å². The molecule has 1 aromatic heterocycles. The van der Waals surface area contributed by atoms with E-state index >= 15 is 0 Å². The maximum absolute atomic E-state index is 13.3. The Labute approximate surface area is 176 Å². The second-order valence-electron chi connectivity index (χ2n) is 8.32. The third-order valence-corrected chi connectivity index (χ3v) is 5.98. The van der Waals surface area contributed by atoms with Crippen LogP contribution < -0.4 is 10.4 Å². The van der Waals surface area contributed by atoms with E-state index in [-0.39, 0.29) is 17.8 Å². The Balaban J connectivity index is 2.17. The van der Waals surface area contributed by atoms with E-state index in [0.29, 0.717) is 23.3 Å². The molecule has 0 saturated heterocycles. The number of carbonyl (C=O) groups is 1. The summed E-state index contributed by atoms with van der Waals surface area (Å²) in [6.07, 6.45) is 2.54. The standard InChI is InChI=1S/C26H26O4/c1-14(2)11-12-19-16(4)22-20(18-9-7-6-8-10-18)13-21(27)30-26(22)23-24(28)15(3)17(5)29-25(19)23/h6-11,13,15,17H,12H2,1-5H3/t15-,17+/m0/s1. The molecule has 3 aromatic rings. The van der Waals surface area contributed by atoms with Gasteiger partial charge in [-0.2, -0.15) is 0 Å². The largest absolute Gasteiger partial charge is 0.489 e. The second kappa shape index (κ2) is 7.60. The van der Waals surface area contributed by atoms with Crippen molar-refractivity contribution in [3.05, 3.63) is 75.2 Å². The van der Waals surface area contributed by atoms with Gasteiger partial charge in [0.25, 0.3) is 0 Å². The maximum atomic E-state index is 13.3. The number of allylic oxidation sites excluding steroid dienone is 2. The monoisotopic (exact) mass is 402 g/mol. The molecule has 0 amide bonds. The first-order valence-electron chi connectivity index (χ1n) is 10.3. The predicted molar refractivity (Wildman–Crippen MR) is 119 cm³/mol. The van der Waals surface area contributed by atoms with Crippen LogP contribution in [0.4, 0.5) is 0 Å². The predicted octanol–water partition coefficient (Wildman–Crippen LogP) is 5.88. The number of ketones is 1. The molecule has 2 atom stereocenters. The van der Waals surface area contributed by atoms with E-state index in [1.54, 1.807) is 0 Å². The number of Topliss-reactive ketones (excluding diaryl/α,β-unsaturated/α-hetero) is 1. The third kappa shape index (κ3) is 3.26. The molecule has 0 bridgehead atoms. The van der Waals surface area contributed by atoms with Crippen LogP contribution in [0.2, 0.25) is 0 Å². The van der Waals surface area contributed by atoms with Gasteiger partial charge in [-0.1, -0.05) is 48.9 Å². The molecule has 4 nitrogen and oxygen atoms in total. The van der Waals surface area contributed by atoms with Crippen molar-refractivity contribution in [1.82, 2.24) is 0 Å². The Morgan fingerprint density at radius 1 is 1.10 bits per heavy atom. The van der Waals surface area contributed by atoms with Gasteiger partial charge in [0.05, 0.1) is 5.92 Å². The lowest BCUT2D eigenvalue weighted by Gasteiger charge is -2.31. The molecule has 0 unspecified atom stereocenters. The van der Waals surface area contributed by atoms with Crippen molar-refractivity contribution in [1.29, 1.82) is 0 Å². The first-order valence-corrected chi connectivity index (χ1v) is 10.3. The summed E-state index contributed by atoms with van der Waals surface area (Å²) in [4.78, 5) is 25.8. The Morgan fingerprint density at radius 3 is 2.47 bits per heavy atom. The molecule has 2 heterocycles. The quantitative estimate of drug-likeness (QED) is 0.406. The van der Waals surface area contributed by atoms with Crippen LogP contribution in [-0.4, -0.2) is 11.9 Å². The number of hydrogen-bond acceptors (Lipinski definition) is 4. The van der Waals surface area contributed by atoms with E-state index in [0.717, 1.165) is 27.6 Å². The number of ether oxygens (including phenoxy) is 1. The Hall–Kier alpha value is -3.14. The molecular formula is C26H26O4. The van der Waals surface area contributed by atoms with E-state index in [1.165, 1.54) is 11.6 Å². The summed E-state index contributed by atoms with van der Waals surface area (Å²) in [5, 5.41) is 0.801. The van der Waals surface area contributed by atoms with Crippen LogP contribution in [0.1, 0.15) is 49.2 Å². The van der Waals surface area contributed by atoms with Gasteiger partial charge in [-0.15, -0.1) is 0 Å². The molecule has 0 spiro atoms. The molecule has 2 aromatic carbocycles. The highest BCUT2D eigenvalue weighted by Crippen LogP contribution is 2.44. The van der Waals surface area contributed by atoms with Gasteiger partial charge in [-0.3, -0.25) is 4.79 Å². The fraction of sp³-hybridized carbons (Fsp3) is 0.308. The summed E-state index contributed by atoms with van der Waals surface area (Å²) >= 11 is 0. The number of hydrogen-bond donors (Lipinski definition) is 0. The molecule has 4 rings (SSSR count). The van der Waals surface area contributed by atoms with Crippen molar-refractivity contribution in [3.63, 3.8) is 0 Å². The van der Waals surface area contributed by atoms with E-state index in [9.17, 15) is 9.59 Å². The lowest BCUT2D eigenvalue weighted by Crippen LogP contribution is -2.34. The van der Waals surface area contributed by atoms with Crippen LogP contribution in [0, 0.1) is 12.8 Å². The first kappa shape index (κ1) is 20.1. The summed E-state index contributed by atoms with van der Waals surface area (Å²) in [5.74, 6) is 0.201. The number of fused-ring (bicyclic) bond motifs is 3. The average molecular weight is 402 g/mol. The molecule has 0 N–H and O–H groups in total. The summed E-state index contributed by atoms with van der Waals surface area (Å²) in [6, 6.07) is 11.3. The number of benzene rings is 2. The Bertz CT molecular complexity index is 1230. The van der Waals surface area contributed by atoms with E-state index in [2.05, 4.69) is 6.08 Å². The number of carbonyl (C=O) groups excluding carboxylic acids is 1. The minimum absolute atomic E-state index is 0.0411. The van der Waals surface area contributed by atoms with Gasteiger partial charge < -0.3 is 9.15 Å². The molecule has 0 radical (unpaired) electrons. The smallest absolute Gasteiger partial charge is 0.336 e. The first-order chi connectivity index (χ1) is 14.3. The summed E-state index contributed by atoms with van der Waals surface area (Å²) in [5.41, 5.74) is 5.08. The van der Waals surface area contributed by atoms with Crippen molar-refractivity contribution in [2.45, 2.75) is 47.1 Å². The fourth-order valence-electron chi connectivity index (χ4n) is 4.10. The van der Waals surface area contributed by atoms with Crippen molar-refractivity contribution >= 4 is 16.8 Å². The van der Waals surface area contributed by atoms with E-state index in [4.69, 9.17) is 9.15 Å². The molecule has 1 aliphatic heterocycles. The normalized spacial score (nSPS) is 18.1. The van der Waals surface area contributed by atoms with Gasteiger partial charge in [0.15, 0.2) is 11.4 Å². The van der Waals surface area contributed by atoms with Crippen LogP contribution in [0.3, 0.4) is 0 Å². The third-order valence-electron chi connectivity index (χ3n) is 5.98. The van der Waals surface area contributed by atoms with Crippen LogP contribution >= 0.6 is 0 Å². The number of rotatable bonds is 3. The highest BCUT2D eigenvalue weighted by atomic mass is 16.5. The van der Waals surface area contributed by atoms with Gasteiger partial charge in [0, 0.05) is 22.6 Å². The Kier molecular flexibility index (Phi) is 5.10. The maximum Gasteiger partial charge on any atom is 0.336 e. The van der Waals surface area contributed by atoms with Crippen molar-refractivity contribution in [2.24, 2.45) is 5.92 Å². The van der Waals surface area contributed by atoms with Crippen molar-refractivity contribution < 1.29 is 13.9 Å². The molecule has 154 valence electrons. The van der Waals surface area contributed by atoms with Gasteiger partial charge in [-0.25, -0.2) is 4.79 Å². The van der Waals surface area contributed by atoms with Crippen LogP contribution in [-0.2, 0) is 6.42 Å². The van der Waals surface area contributed by atoms with Crippen LogP contribution in [0.5, 0.6) is 5.75 Å². The van der Waals surface area contributed by atoms with Crippen LogP contribution in [0.15, 0.2) is 57.3 Å². The fourth-order valence-corrected chi connectivity index (χ4v) is 4.10. The Morgan fingerprint density at radius 2 is 1.80 bits per heavy atom. The molecule has 0 aliphatic carbocycles. The highest BCUT2D eigenvalue weighted by molar-refractivity contribution is 6.14. The molecule has 4 heteroatoms. The second-order valence-corrected chi connectivity index (χ2v) is 8.32. The molecular weight excluding hydrogens is 376 g/mol. The molecule has 0 fully saturated rings. The van der Waals surface area contributed by atoms with Gasteiger partial charge in [0.2, 0.25) is 0 Å². The van der Waals surface area contributed by atoms with E-state index < -0.39 is 5.63 Å². The zero-order chi connectivity index (χ0) is 21.6. The lowest BCUT2D eigenvalue weighted by atomic mass is 9.84. The highest BCUT2D eigenvalue weighted by Gasteiger charge is 2.37. The number of aryl methyl sites for hydroxylation is 1. The lowest BCUT2D eigenvalue weighted by molar-refractivity contribution is 0.0729. The van der Waals surface area contributed by atoms with Crippen molar-refractivity contribution in [2.75, 3.05) is 0 Å². The molecule has 0 saturated carbocycles. The zero-order valence-electron chi connectivity index (χ0n) is 18.0. The summed E-state index contributed by atoms with van der Waals surface area (Å²) in [7, 11) is 0. The van der Waals surface area contributed by atoms with Crippen molar-refractivity contribution in [3.8, 4) is 16.9 Å². The minimum Gasteiger partial charge on any atom is -0.489 e. The van der Waals surface area contributed by atoms with Gasteiger partial charge in [0.1, 0.15) is 17.4 Å². The molecule has 1 aliphatic rings. The van der Waals surface area contributed by atoms with Gasteiger partial charge >= 0.3 is 5.63 Å². The van der Waals surface area contributed by atoms with Crippen LogP contribution in [0.25, 0.3) is 22.1 Å². The van der Waals surface area contributed by atoms with E-state index in [1.807, 2.05) is 65.0 Å². The summed E-state index contributed by atoms with van der Waals surface area (Å²) in [6.45, 7) is 9.88. The average Bonchev–Trinajstić information content (AvgIpc) is 2.71. The summed E-state index contributed by atoms with van der Waals surface area (Å²) < 4.78 is 11.9. The topological polar surface area (TPSA) is 56.5 Å². The SMILES string of the molecule is CC(C)=CCc1c2c(c3oc(=O)cc(-c4ccccc4)c3c1C)C(=O)[C@@H](C)[C@@H](C)O2. The molecule has 30 heavy (non-hydrogen) atoms.